The van der Waals surface area contributed by atoms with Crippen LogP contribution in [0.15, 0.2) is 35.9 Å². The first-order chi connectivity index (χ1) is 13.1. The van der Waals surface area contributed by atoms with Crippen molar-refractivity contribution in [3.63, 3.8) is 0 Å². The maximum absolute atomic E-state index is 10.6. The Bertz CT molecular complexity index is 900. The Morgan fingerprint density at radius 2 is 1.93 bits per heavy atom. The van der Waals surface area contributed by atoms with Gasteiger partial charge in [-0.05, 0) is 77.3 Å². The Balaban J connectivity index is 2.15. The van der Waals surface area contributed by atoms with E-state index in [2.05, 4.69) is 26.8 Å². The van der Waals surface area contributed by atoms with Gasteiger partial charge >= 0.3 is 0 Å². The number of phenolic OH excluding ortho intramolecular Hbond substituents is 1. The van der Waals surface area contributed by atoms with Crippen molar-refractivity contribution < 1.29 is 19.7 Å². The highest BCUT2D eigenvalue weighted by molar-refractivity contribution is 5.58. The van der Waals surface area contributed by atoms with Gasteiger partial charge in [-0.25, -0.2) is 0 Å². The van der Waals surface area contributed by atoms with Gasteiger partial charge in [0.2, 0.25) is 0 Å². The fraction of sp³-hybridized carbons (Fsp3) is 0.417. The van der Waals surface area contributed by atoms with Gasteiger partial charge in [0.1, 0.15) is 28.6 Å². The summed E-state index contributed by atoms with van der Waals surface area (Å²) in [5.41, 5.74) is 4.51. The molecule has 1 aliphatic heterocycles. The van der Waals surface area contributed by atoms with Crippen molar-refractivity contribution in [3.05, 3.63) is 58.2 Å². The van der Waals surface area contributed by atoms with Crippen molar-refractivity contribution in [1.82, 2.24) is 0 Å². The van der Waals surface area contributed by atoms with Crippen LogP contribution in [0.5, 0.6) is 23.0 Å². The van der Waals surface area contributed by atoms with Gasteiger partial charge in [-0.1, -0.05) is 11.6 Å². The Kier molecular flexibility index (Phi) is 5.44. The van der Waals surface area contributed by atoms with Gasteiger partial charge in [0.25, 0.3) is 0 Å². The Labute approximate surface area is 167 Å². The van der Waals surface area contributed by atoms with Gasteiger partial charge in [0.15, 0.2) is 0 Å². The summed E-state index contributed by atoms with van der Waals surface area (Å²) in [5, 5.41) is 20.6. The SMILES string of the molecule is CC(C)=CCc1c(C)cc2c(c1Oc1cc(C)cc(O)c1)C[C@H](O)C(C)(C)O2. The molecule has 0 bridgehead atoms. The van der Waals surface area contributed by atoms with E-state index in [1.54, 1.807) is 12.1 Å². The molecule has 1 atom stereocenters. The number of aryl methyl sites for hydroxylation is 2. The molecule has 2 aromatic rings. The summed E-state index contributed by atoms with van der Waals surface area (Å²) in [6, 6.07) is 7.23. The van der Waals surface area contributed by atoms with E-state index in [9.17, 15) is 10.2 Å². The minimum Gasteiger partial charge on any atom is -0.508 e. The summed E-state index contributed by atoms with van der Waals surface area (Å²) in [4.78, 5) is 0. The quantitative estimate of drug-likeness (QED) is 0.697. The van der Waals surface area contributed by atoms with Crippen LogP contribution in [-0.4, -0.2) is 21.9 Å². The van der Waals surface area contributed by atoms with Gasteiger partial charge in [-0.3, -0.25) is 0 Å². The maximum atomic E-state index is 10.6. The first-order valence-electron chi connectivity index (χ1n) is 9.71. The van der Waals surface area contributed by atoms with Crippen molar-refractivity contribution in [2.45, 2.75) is 66.1 Å². The summed E-state index contributed by atoms with van der Waals surface area (Å²) in [6.45, 7) is 11.9. The van der Waals surface area contributed by atoms with Crippen LogP contribution in [-0.2, 0) is 12.8 Å². The second-order valence-corrected chi connectivity index (χ2v) is 8.50. The minimum absolute atomic E-state index is 0.166. The molecule has 0 spiro atoms. The first kappa shape index (κ1) is 20.3. The van der Waals surface area contributed by atoms with Crippen LogP contribution in [0.2, 0.25) is 0 Å². The molecule has 1 heterocycles. The summed E-state index contributed by atoms with van der Waals surface area (Å²) in [5.74, 6) is 2.20. The van der Waals surface area contributed by atoms with Crippen LogP contribution in [0.3, 0.4) is 0 Å². The maximum Gasteiger partial charge on any atom is 0.138 e. The van der Waals surface area contributed by atoms with Crippen LogP contribution in [0.4, 0.5) is 0 Å². The molecule has 2 aromatic carbocycles. The normalized spacial score (nSPS) is 17.5. The largest absolute Gasteiger partial charge is 0.508 e. The minimum atomic E-state index is -0.653. The highest BCUT2D eigenvalue weighted by Crippen LogP contribution is 2.44. The zero-order valence-electron chi connectivity index (χ0n) is 17.6. The first-order valence-corrected chi connectivity index (χ1v) is 9.71. The number of rotatable bonds is 4. The number of benzene rings is 2. The number of aliphatic hydroxyl groups is 1. The fourth-order valence-corrected chi connectivity index (χ4v) is 3.51. The molecule has 0 radical (unpaired) electrons. The lowest BCUT2D eigenvalue weighted by atomic mass is 9.87. The van der Waals surface area contributed by atoms with Crippen LogP contribution < -0.4 is 9.47 Å². The van der Waals surface area contributed by atoms with E-state index in [0.717, 1.165) is 34.4 Å². The highest BCUT2D eigenvalue weighted by atomic mass is 16.5. The predicted molar refractivity (Wildman–Crippen MR) is 112 cm³/mol. The molecule has 4 nitrogen and oxygen atoms in total. The van der Waals surface area contributed by atoms with E-state index >= 15 is 0 Å². The Morgan fingerprint density at radius 3 is 2.57 bits per heavy atom. The molecule has 0 aliphatic carbocycles. The number of aliphatic hydroxyl groups excluding tert-OH is 1. The van der Waals surface area contributed by atoms with Crippen molar-refractivity contribution >= 4 is 0 Å². The number of fused-ring (bicyclic) bond motifs is 1. The third-order valence-electron chi connectivity index (χ3n) is 5.21. The number of aromatic hydroxyl groups is 1. The molecular formula is C24H30O4. The van der Waals surface area contributed by atoms with E-state index in [1.807, 2.05) is 32.9 Å². The molecule has 0 unspecified atom stereocenters. The molecule has 0 saturated heterocycles. The number of phenols is 1. The molecule has 0 saturated carbocycles. The fourth-order valence-electron chi connectivity index (χ4n) is 3.51. The number of hydrogen-bond acceptors (Lipinski definition) is 4. The van der Waals surface area contributed by atoms with E-state index in [4.69, 9.17) is 9.47 Å². The summed E-state index contributed by atoms with van der Waals surface area (Å²) >= 11 is 0. The van der Waals surface area contributed by atoms with Gasteiger partial charge in [-0.2, -0.15) is 0 Å². The predicted octanol–water partition coefficient (Wildman–Crippen LogP) is 5.38. The third-order valence-corrected chi connectivity index (χ3v) is 5.21. The standard InChI is InChI=1S/C24H30O4/c1-14(2)7-8-19-16(4)11-21-20(13-22(26)24(5,6)28-21)23(19)27-18-10-15(3)9-17(25)12-18/h7,9-12,22,25-26H,8,13H2,1-6H3/t22-/m0/s1. The zero-order chi connectivity index (χ0) is 20.6. The lowest BCUT2D eigenvalue weighted by Crippen LogP contribution is -2.46. The van der Waals surface area contributed by atoms with Crippen molar-refractivity contribution in [2.24, 2.45) is 0 Å². The second-order valence-electron chi connectivity index (χ2n) is 8.50. The van der Waals surface area contributed by atoms with Gasteiger partial charge < -0.3 is 19.7 Å². The molecule has 2 N–H and O–H groups in total. The van der Waals surface area contributed by atoms with Gasteiger partial charge in [-0.15, -0.1) is 0 Å². The van der Waals surface area contributed by atoms with E-state index in [0.29, 0.717) is 17.9 Å². The van der Waals surface area contributed by atoms with E-state index in [-0.39, 0.29) is 5.75 Å². The second kappa shape index (κ2) is 7.51. The van der Waals surface area contributed by atoms with Crippen LogP contribution in [0, 0.1) is 13.8 Å². The zero-order valence-corrected chi connectivity index (χ0v) is 17.6. The Morgan fingerprint density at radius 1 is 1.21 bits per heavy atom. The smallest absolute Gasteiger partial charge is 0.138 e. The summed E-state index contributed by atoms with van der Waals surface area (Å²) < 4.78 is 12.4. The third kappa shape index (κ3) is 4.17. The lowest BCUT2D eigenvalue weighted by molar-refractivity contribution is -0.0416. The molecule has 0 amide bonds. The molecule has 0 aromatic heterocycles. The molecule has 150 valence electrons. The molecule has 28 heavy (non-hydrogen) atoms. The van der Waals surface area contributed by atoms with Gasteiger partial charge in [0, 0.05) is 23.6 Å². The average molecular weight is 383 g/mol. The monoisotopic (exact) mass is 382 g/mol. The van der Waals surface area contributed by atoms with Crippen molar-refractivity contribution in [2.75, 3.05) is 0 Å². The summed E-state index contributed by atoms with van der Waals surface area (Å²) in [7, 11) is 0. The van der Waals surface area contributed by atoms with Crippen molar-refractivity contribution in [1.29, 1.82) is 0 Å². The topological polar surface area (TPSA) is 58.9 Å². The van der Waals surface area contributed by atoms with Crippen molar-refractivity contribution in [3.8, 4) is 23.0 Å². The van der Waals surface area contributed by atoms with Crippen LogP contribution in [0.1, 0.15) is 49.9 Å². The molecule has 3 rings (SSSR count). The van der Waals surface area contributed by atoms with E-state index in [1.165, 1.54) is 5.57 Å². The molecule has 4 heteroatoms. The Hall–Kier alpha value is -2.46. The lowest BCUT2D eigenvalue weighted by Gasteiger charge is -2.38. The number of allylic oxidation sites excluding steroid dienone is 2. The summed E-state index contributed by atoms with van der Waals surface area (Å²) in [6.07, 6.45) is 2.72. The average Bonchev–Trinajstić information content (AvgIpc) is 2.55. The number of hydrogen-bond donors (Lipinski definition) is 2. The van der Waals surface area contributed by atoms with Crippen LogP contribution >= 0.6 is 0 Å². The molecule has 1 aliphatic rings. The number of ether oxygens (including phenoxy) is 2. The molecular weight excluding hydrogens is 352 g/mol. The van der Waals surface area contributed by atoms with Gasteiger partial charge in [0.05, 0.1) is 6.10 Å². The van der Waals surface area contributed by atoms with Crippen LogP contribution in [0.25, 0.3) is 0 Å². The molecule has 0 fully saturated rings. The van der Waals surface area contributed by atoms with E-state index < -0.39 is 11.7 Å². The highest BCUT2D eigenvalue weighted by Gasteiger charge is 2.38.